The van der Waals surface area contributed by atoms with E-state index in [0.29, 0.717) is 10.6 Å². The third-order valence-corrected chi connectivity index (χ3v) is 5.11. The number of ether oxygens (including phenoxy) is 2. The van der Waals surface area contributed by atoms with Gasteiger partial charge in [-0.3, -0.25) is 0 Å². The van der Waals surface area contributed by atoms with E-state index in [1.54, 1.807) is 20.8 Å². The first-order valence-corrected chi connectivity index (χ1v) is 10.0. The van der Waals surface area contributed by atoms with Crippen molar-refractivity contribution in [3.8, 4) is 5.75 Å². The molecule has 1 heterocycles. The van der Waals surface area contributed by atoms with E-state index < -0.39 is 17.8 Å². The van der Waals surface area contributed by atoms with Crippen LogP contribution < -0.4 is 10.5 Å². The molecule has 0 aliphatic heterocycles. The van der Waals surface area contributed by atoms with E-state index in [1.165, 1.54) is 11.3 Å². The van der Waals surface area contributed by atoms with Crippen molar-refractivity contribution < 1.29 is 19.4 Å². The van der Waals surface area contributed by atoms with Crippen LogP contribution >= 0.6 is 11.3 Å². The molecular weight excluding hydrogens is 388 g/mol. The molecule has 0 spiro atoms. The van der Waals surface area contributed by atoms with Gasteiger partial charge in [-0.05, 0) is 44.5 Å². The molecule has 152 valence electrons. The average molecular weight is 413 g/mol. The molecule has 0 aliphatic carbocycles. The Morgan fingerprint density at radius 3 is 2.55 bits per heavy atom. The first-order chi connectivity index (χ1) is 13.8. The van der Waals surface area contributed by atoms with Gasteiger partial charge in [0.25, 0.3) is 0 Å². The second-order valence-electron chi connectivity index (χ2n) is 7.46. The zero-order valence-electron chi connectivity index (χ0n) is 16.6. The molecule has 3 aromatic rings. The van der Waals surface area contributed by atoms with E-state index >= 15 is 0 Å². The maximum atomic E-state index is 11.9. The summed E-state index contributed by atoms with van der Waals surface area (Å²) in [7, 11) is 0. The fourth-order valence-corrected chi connectivity index (χ4v) is 3.71. The highest BCUT2D eigenvalue weighted by atomic mass is 32.1. The number of hydrogen-bond donors (Lipinski definition) is 2. The lowest BCUT2D eigenvalue weighted by Crippen LogP contribution is -2.24. The van der Waals surface area contributed by atoms with Gasteiger partial charge in [-0.15, -0.1) is 11.3 Å². The van der Waals surface area contributed by atoms with Crippen molar-refractivity contribution in [3.63, 3.8) is 0 Å². The summed E-state index contributed by atoms with van der Waals surface area (Å²) >= 11 is 1.40. The molecule has 1 atom stereocenters. The summed E-state index contributed by atoms with van der Waals surface area (Å²) in [6.45, 7) is 5.15. The highest BCUT2D eigenvalue weighted by Gasteiger charge is 2.18. The van der Waals surface area contributed by atoms with Crippen LogP contribution in [0.1, 0.15) is 37.3 Å². The second-order valence-corrected chi connectivity index (χ2v) is 8.54. The fraction of sp³-hybridized carbons (Fsp3) is 0.273. The predicted molar refractivity (Wildman–Crippen MR) is 116 cm³/mol. The second kappa shape index (κ2) is 8.63. The van der Waals surface area contributed by atoms with Gasteiger partial charge in [-0.25, -0.2) is 4.79 Å². The Hall–Kier alpha value is -2.90. The van der Waals surface area contributed by atoms with E-state index in [0.717, 1.165) is 15.6 Å². The van der Waals surface area contributed by atoms with Gasteiger partial charge in [0.15, 0.2) is 0 Å². The van der Waals surface area contributed by atoms with Crippen LogP contribution in [0.2, 0.25) is 0 Å². The zero-order valence-corrected chi connectivity index (χ0v) is 17.4. The number of nitrogens with zero attached hydrogens (tertiary/aromatic N) is 1. The van der Waals surface area contributed by atoms with Crippen LogP contribution in [-0.4, -0.2) is 29.2 Å². The third kappa shape index (κ3) is 5.34. The van der Waals surface area contributed by atoms with E-state index in [1.807, 2.05) is 54.6 Å². The molecule has 3 rings (SSSR count). The summed E-state index contributed by atoms with van der Waals surface area (Å²) in [6.07, 6.45) is -1.22. The lowest BCUT2D eigenvalue weighted by atomic mass is 10.1. The van der Waals surface area contributed by atoms with E-state index in [-0.39, 0.29) is 12.4 Å². The Labute approximate surface area is 173 Å². The number of amides is 1. The number of aliphatic imine (C=N–C) groups is 1. The number of carbonyl (C=O) groups excluding carboxylic acids is 1. The van der Waals surface area contributed by atoms with E-state index in [2.05, 4.69) is 4.99 Å². The van der Waals surface area contributed by atoms with Crippen LogP contribution in [0.15, 0.2) is 59.6 Å². The van der Waals surface area contributed by atoms with Gasteiger partial charge in [0, 0.05) is 10.1 Å². The molecule has 6 nitrogen and oxygen atoms in total. The fourth-order valence-electron chi connectivity index (χ4n) is 2.73. The van der Waals surface area contributed by atoms with Crippen molar-refractivity contribution in [2.24, 2.45) is 10.7 Å². The van der Waals surface area contributed by atoms with Crippen LogP contribution in [0, 0.1) is 0 Å². The summed E-state index contributed by atoms with van der Waals surface area (Å²) in [5, 5.41) is 10.6. The van der Waals surface area contributed by atoms with Crippen molar-refractivity contribution in [2.75, 3.05) is 6.61 Å². The van der Waals surface area contributed by atoms with Gasteiger partial charge < -0.3 is 20.3 Å². The highest BCUT2D eigenvalue weighted by Crippen LogP contribution is 2.35. The highest BCUT2D eigenvalue weighted by molar-refractivity contribution is 7.21. The van der Waals surface area contributed by atoms with Crippen LogP contribution in [0.25, 0.3) is 10.1 Å². The van der Waals surface area contributed by atoms with Gasteiger partial charge in [0.1, 0.15) is 23.3 Å². The SMILES string of the molecule is CC(C)(C)OC(=O)N=C(N)c1cc2c(O[C@H](CO)c3ccccc3)cccc2s1. The molecule has 2 aromatic carbocycles. The number of amidine groups is 1. The summed E-state index contributed by atoms with van der Waals surface area (Å²) < 4.78 is 12.2. The predicted octanol–water partition coefficient (Wildman–Crippen LogP) is 4.65. The summed E-state index contributed by atoms with van der Waals surface area (Å²) in [6, 6.07) is 17.0. The number of rotatable bonds is 5. The Bertz CT molecular complexity index is 1020. The molecule has 1 amide bonds. The number of thiophene rings is 1. The van der Waals surface area contributed by atoms with Gasteiger partial charge >= 0.3 is 6.09 Å². The number of fused-ring (bicyclic) bond motifs is 1. The summed E-state index contributed by atoms with van der Waals surface area (Å²) in [5.74, 6) is 0.714. The quantitative estimate of drug-likeness (QED) is 0.470. The summed E-state index contributed by atoms with van der Waals surface area (Å²) in [5.41, 5.74) is 6.27. The lowest BCUT2D eigenvalue weighted by molar-refractivity contribution is 0.0604. The maximum Gasteiger partial charge on any atom is 0.436 e. The first kappa shape index (κ1) is 20.8. The summed E-state index contributed by atoms with van der Waals surface area (Å²) in [4.78, 5) is 16.4. The van der Waals surface area contributed by atoms with Gasteiger partial charge in [-0.2, -0.15) is 4.99 Å². The Kier molecular flexibility index (Phi) is 6.20. The monoisotopic (exact) mass is 412 g/mol. The number of aliphatic hydroxyl groups is 1. The van der Waals surface area contributed by atoms with E-state index in [4.69, 9.17) is 15.2 Å². The Balaban J connectivity index is 1.88. The Morgan fingerprint density at radius 1 is 1.17 bits per heavy atom. The molecule has 0 unspecified atom stereocenters. The zero-order chi connectivity index (χ0) is 21.0. The molecule has 7 heteroatoms. The van der Waals surface area contributed by atoms with Crippen molar-refractivity contribution in [2.45, 2.75) is 32.5 Å². The molecule has 0 fully saturated rings. The molecule has 0 aliphatic rings. The standard InChI is InChI=1S/C22H24N2O4S/c1-22(2,3)28-21(26)24-20(23)19-12-15-16(10-7-11-18(15)29-19)27-17(13-25)14-8-5-4-6-9-14/h4-12,17,25H,13H2,1-3H3,(H2,23,24,26)/t17-/m1/s1. The minimum absolute atomic E-state index is 0.0909. The van der Waals surface area contributed by atoms with Crippen molar-refractivity contribution >= 4 is 33.4 Å². The van der Waals surface area contributed by atoms with Crippen LogP contribution in [0.4, 0.5) is 4.79 Å². The lowest BCUT2D eigenvalue weighted by Gasteiger charge is -2.18. The van der Waals surface area contributed by atoms with Crippen LogP contribution in [0.5, 0.6) is 5.75 Å². The molecule has 0 saturated carbocycles. The molecule has 29 heavy (non-hydrogen) atoms. The number of nitrogens with two attached hydrogens (primary N) is 1. The molecule has 0 saturated heterocycles. The smallest absolute Gasteiger partial charge is 0.436 e. The average Bonchev–Trinajstić information content (AvgIpc) is 3.10. The van der Waals surface area contributed by atoms with Crippen LogP contribution in [-0.2, 0) is 4.74 Å². The largest absolute Gasteiger partial charge is 0.483 e. The van der Waals surface area contributed by atoms with Gasteiger partial charge in [0.05, 0.1) is 11.5 Å². The van der Waals surface area contributed by atoms with Crippen LogP contribution in [0.3, 0.4) is 0 Å². The number of aliphatic hydroxyl groups excluding tert-OH is 1. The number of carbonyl (C=O) groups is 1. The minimum atomic E-state index is -0.728. The van der Waals surface area contributed by atoms with Crippen molar-refractivity contribution in [3.05, 3.63) is 65.0 Å². The van der Waals surface area contributed by atoms with Crippen molar-refractivity contribution in [1.29, 1.82) is 0 Å². The molecule has 0 radical (unpaired) electrons. The molecule has 3 N–H and O–H groups in total. The minimum Gasteiger partial charge on any atom is -0.483 e. The normalized spacial score (nSPS) is 13.3. The van der Waals surface area contributed by atoms with Crippen molar-refractivity contribution in [1.82, 2.24) is 0 Å². The van der Waals surface area contributed by atoms with Gasteiger partial charge in [-0.1, -0.05) is 36.4 Å². The number of hydrogen-bond acceptors (Lipinski definition) is 5. The van der Waals surface area contributed by atoms with E-state index in [9.17, 15) is 9.90 Å². The van der Waals surface area contributed by atoms with Gasteiger partial charge in [0.2, 0.25) is 0 Å². The Morgan fingerprint density at radius 2 is 1.90 bits per heavy atom. The third-order valence-electron chi connectivity index (χ3n) is 3.99. The molecule has 0 bridgehead atoms. The molecular formula is C22H24N2O4S. The molecule has 1 aromatic heterocycles. The maximum absolute atomic E-state index is 11.9. The topological polar surface area (TPSA) is 94.1 Å². The number of benzene rings is 2. The first-order valence-electron chi connectivity index (χ1n) is 9.19.